The predicted octanol–water partition coefficient (Wildman–Crippen LogP) is -0.573. The minimum absolute atomic E-state index is 0.0494. The highest BCUT2D eigenvalue weighted by Gasteiger charge is 2.47. The monoisotopic (exact) mass is 224 g/mol. The Morgan fingerprint density at radius 2 is 2.19 bits per heavy atom. The lowest BCUT2D eigenvalue weighted by Gasteiger charge is -2.25. The normalized spacial score (nSPS) is 16.2. The van der Waals surface area contributed by atoms with Crippen molar-refractivity contribution in [3.63, 3.8) is 0 Å². The van der Waals surface area contributed by atoms with Crippen LogP contribution in [-0.4, -0.2) is 38.6 Å². The zero-order valence-corrected chi connectivity index (χ0v) is 8.62. The molecule has 1 unspecified atom stereocenters. The summed E-state index contributed by atoms with van der Waals surface area (Å²) in [7, 11) is 0. The number of nitrogens with two attached hydrogens (primary N) is 1. The Balaban J connectivity index is 3.17. The van der Waals surface area contributed by atoms with Crippen molar-refractivity contribution < 1.29 is 19.8 Å². The van der Waals surface area contributed by atoms with E-state index in [2.05, 4.69) is 4.98 Å². The summed E-state index contributed by atoms with van der Waals surface area (Å²) in [5.41, 5.74) is 3.14. The van der Waals surface area contributed by atoms with E-state index in [-0.39, 0.29) is 5.56 Å². The number of carboxylic acids is 1. The van der Waals surface area contributed by atoms with Crippen LogP contribution in [0.1, 0.15) is 17.3 Å². The zero-order valence-electron chi connectivity index (χ0n) is 8.62. The lowest BCUT2D eigenvalue weighted by atomic mass is 9.86. The first-order valence-electron chi connectivity index (χ1n) is 4.56. The van der Waals surface area contributed by atoms with Crippen molar-refractivity contribution in [1.82, 2.24) is 4.98 Å². The molecule has 2 atom stereocenters. The van der Waals surface area contributed by atoms with Gasteiger partial charge in [0.15, 0.2) is 5.78 Å². The van der Waals surface area contributed by atoms with Crippen LogP contribution in [-0.2, 0) is 4.79 Å². The molecule has 86 valence electrons. The van der Waals surface area contributed by atoms with Crippen molar-refractivity contribution in [2.45, 2.75) is 18.6 Å². The molecule has 6 nitrogen and oxygen atoms in total. The zero-order chi connectivity index (χ0) is 12.3. The topological polar surface area (TPSA) is 114 Å². The molecule has 0 aromatic carbocycles. The standard InChI is InChI=1S/C10H12N2O4/c1-6(13)10(11,9(15)16)8(14)7-3-2-4-12-5-7/h2-6,13H,11H2,1H3,(H,15,16)/t6?,10-/m1/s1. The third-order valence-electron chi connectivity index (χ3n) is 2.31. The molecule has 0 aliphatic carbocycles. The molecule has 0 aliphatic rings. The molecule has 0 saturated heterocycles. The summed E-state index contributed by atoms with van der Waals surface area (Å²) < 4.78 is 0. The number of carbonyl (C=O) groups excluding carboxylic acids is 1. The van der Waals surface area contributed by atoms with Crippen LogP contribution in [0.15, 0.2) is 24.5 Å². The lowest BCUT2D eigenvalue weighted by Crippen LogP contribution is -2.62. The molecule has 1 aromatic rings. The number of carboxylic acid groups (broad SMARTS) is 1. The quantitative estimate of drug-likeness (QED) is 0.466. The van der Waals surface area contributed by atoms with Crippen molar-refractivity contribution in [3.8, 4) is 0 Å². The Morgan fingerprint density at radius 3 is 2.56 bits per heavy atom. The molecule has 0 aliphatic heterocycles. The van der Waals surface area contributed by atoms with Crippen molar-refractivity contribution >= 4 is 11.8 Å². The highest BCUT2D eigenvalue weighted by Crippen LogP contribution is 2.15. The van der Waals surface area contributed by atoms with Crippen LogP contribution >= 0.6 is 0 Å². The third kappa shape index (κ3) is 1.93. The second-order valence-electron chi connectivity index (χ2n) is 3.42. The van der Waals surface area contributed by atoms with E-state index < -0.39 is 23.4 Å². The van der Waals surface area contributed by atoms with Gasteiger partial charge in [0, 0.05) is 18.0 Å². The van der Waals surface area contributed by atoms with Gasteiger partial charge in [0.25, 0.3) is 0 Å². The molecule has 1 rings (SSSR count). The van der Waals surface area contributed by atoms with Gasteiger partial charge in [-0.1, -0.05) is 0 Å². The summed E-state index contributed by atoms with van der Waals surface area (Å²) in [6.45, 7) is 1.16. The molecule has 0 amide bonds. The number of ketones is 1. The van der Waals surface area contributed by atoms with Crippen molar-refractivity contribution in [2.24, 2.45) is 5.73 Å². The van der Waals surface area contributed by atoms with Gasteiger partial charge in [0.05, 0.1) is 6.10 Å². The highest BCUT2D eigenvalue weighted by molar-refractivity contribution is 6.16. The van der Waals surface area contributed by atoms with E-state index in [0.29, 0.717) is 0 Å². The van der Waals surface area contributed by atoms with E-state index >= 15 is 0 Å². The highest BCUT2D eigenvalue weighted by atomic mass is 16.4. The second-order valence-corrected chi connectivity index (χ2v) is 3.42. The number of aliphatic carboxylic acids is 1. The Kier molecular flexibility index (Phi) is 3.36. The Labute approximate surface area is 91.7 Å². The van der Waals surface area contributed by atoms with Crippen LogP contribution in [0.5, 0.6) is 0 Å². The molecule has 1 aromatic heterocycles. The molecule has 0 spiro atoms. The molecular weight excluding hydrogens is 212 g/mol. The third-order valence-corrected chi connectivity index (χ3v) is 2.31. The average Bonchev–Trinajstić information content (AvgIpc) is 2.27. The molecule has 0 radical (unpaired) electrons. The maximum atomic E-state index is 11.8. The smallest absolute Gasteiger partial charge is 0.334 e. The number of carbonyl (C=O) groups is 2. The SMILES string of the molecule is CC(O)[C@](N)(C(=O)O)C(=O)c1cccnc1. The Bertz CT molecular complexity index is 405. The Morgan fingerprint density at radius 1 is 1.56 bits per heavy atom. The van der Waals surface area contributed by atoms with Gasteiger partial charge >= 0.3 is 5.97 Å². The number of hydrogen-bond acceptors (Lipinski definition) is 5. The van der Waals surface area contributed by atoms with Gasteiger partial charge in [-0.25, -0.2) is 4.79 Å². The van der Waals surface area contributed by atoms with E-state index in [9.17, 15) is 14.7 Å². The second kappa shape index (κ2) is 4.38. The summed E-state index contributed by atoms with van der Waals surface area (Å²) in [4.78, 5) is 26.5. The van der Waals surface area contributed by atoms with Crippen LogP contribution in [0.25, 0.3) is 0 Å². The number of aliphatic hydroxyl groups is 1. The van der Waals surface area contributed by atoms with Crippen LogP contribution in [0.2, 0.25) is 0 Å². The van der Waals surface area contributed by atoms with E-state index in [1.807, 2.05) is 0 Å². The molecule has 0 saturated carbocycles. The fourth-order valence-corrected chi connectivity index (χ4v) is 1.20. The first kappa shape index (κ1) is 12.3. The van der Waals surface area contributed by atoms with E-state index in [4.69, 9.17) is 10.8 Å². The summed E-state index contributed by atoms with van der Waals surface area (Å²) in [6, 6.07) is 2.87. The van der Waals surface area contributed by atoms with E-state index in [1.165, 1.54) is 24.5 Å². The van der Waals surface area contributed by atoms with Crippen LogP contribution in [0.3, 0.4) is 0 Å². The Hall–Kier alpha value is -1.79. The largest absolute Gasteiger partial charge is 0.479 e. The van der Waals surface area contributed by atoms with Gasteiger partial charge in [-0.05, 0) is 19.1 Å². The number of aliphatic hydroxyl groups excluding tert-OH is 1. The summed E-state index contributed by atoms with van der Waals surface area (Å²) in [5.74, 6) is -2.44. The van der Waals surface area contributed by atoms with Crippen molar-refractivity contribution in [2.75, 3.05) is 0 Å². The number of pyridine rings is 1. The summed E-state index contributed by atoms with van der Waals surface area (Å²) in [6.07, 6.45) is 1.14. The maximum Gasteiger partial charge on any atom is 0.334 e. The first-order chi connectivity index (χ1) is 7.40. The van der Waals surface area contributed by atoms with Gasteiger partial charge in [-0.2, -0.15) is 0 Å². The number of hydrogen-bond donors (Lipinski definition) is 3. The molecule has 1 heterocycles. The van der Waals surface area contributed by atoms with Gasteiger partial charge in [0.1, 0.15) is 0 Å². The fraction of sp³-hybridized carbons (Fsp3) is 0.300. The average molecular weight is 224 g/mol. The lowest BCUT2D eigenvalue weighted by molar-refractivity contribution is -0.144. The molecule has 4 N–H and O–H groups in total. The van der Waals surface area contributed by atoms with E-state index in [1.54, 1.807) is 0 Å². The molecular formula is C10H12N2O4. The minimum Gasteiger partial charge on any atom is -0.479 e. The van der Waals surface area contributed by atoms with Gasteiger partial charge < -0.3 is 15.9 Å². The molecule has 0 fully saturated rings. The minimum atomic E-state index is -2.34. The van der Waals surface area contributed by atoms with Crippen LogP contribution in [0.4, 0.5) is 0 Å². The molecule has 0 bridgehead atoms. The van der Waals surface area contributed by atoms with Gasteiger partial charge in [0.2, 0.25) is 5.54 Å². The first-order valence-corrected chi connectivity index (χ1v) is 4.56. The van der Waals surface area contributed by atoms with Crippen LogP contribution < -0.4 is 5.73 Å². The predicted molar refractivity (Wildman–Crippen MR) is 54.8 cm³/mol. The van der Waals surface area contributed by atoms with E-state index in [0.717, 1.165) is 6.92 Å². The van der Waals surface area contributed by atoms with Crippen molar-refractivity contribution in [3.05, 3.63) is 30.1 Å². The number of rotatable bonds is 4. The fourth-order valence-electron chi connectivity index (χ4n) is 1.20. The summed E-state index contributed by atoms with van der Waals surface area (Å²) >= 11 is 0. The van der Waals surface area contributed by atoms with Crippen LogP contribution in [0, 0.1) is 0 Å². The number of nitrogens with zero attached hydrogens (tertiary/aromatic N) is 1. The number of aromatic nitrogens is 1. The van der Waals surface area contributed by atoms with Gasteiger partial charge in [-0.3, -0.25) is 9.78 Å². The molecule has 6 heteroatoms. The molecule has 16 heavy (non-hydrogen) atoms. The summed E-state index contributed by atoms with van der Waals surface area (Å²) in [5, 5.41) is 18.2. The maximum absolute atomic E-state index is 11.8. The van der Waals surface area contributed by atoms with Gasteiger partial charge in [-0.15, -0.1) is 0 Å². The van der Waals surface area contributed by atoms with Crippen molar-refractivity contribution in [1.29, 1.82) is 0 Å². The number of Topliss-reactive ketones (excluding diaryl/α,β-unsaturated/α-hetero) is 1.